The Morgan fingerprint density at radius 1 is 1.14 bits per heavy atom. The standard InChI is InChI=1S/C28H34N6O2/c1-17(2)36-24-10-6-9-23-26(24)31-28(32-27(23)34-11-7-8-21(34)15-35)30-25-14-33(16-29-25)22-12-18(3)20(5)19(4)13-22/h6,9-10,12-14,16-17,21,35H,7-8,11,15H2,1-5H3,(H,30,31,32)/t21-/m0/s1. The summed E-state index contributed by atoms with van der Waals surface area (Å²) in [6.45, 7) is 11.3. The van der Waals surface area contributed by atoms with E-state index >= 15 is 0 Å². The lowest BCUT2D eigenvalue weighted by Crippen LogP contribution is -2.33. The fraction of sp³-hybridized carbons (Fsp3) is 0.393. The van der Waals surface area contributed by atoms with Gasteiger partial charge in [-0.25, -0.2) is 9.97 Å². The van der Waals surface area contributed by atoms with Crippen LogP contribution in [0.4, 0.5) is 17.6 Å². The summed E-state index contributed by atoms with van der Waals surface area (Å²) in [5.74, 6) is 2.61. The lowest BCUT2D eigenvalue weighted by molar-refractivity contribution is 0.245. The van der Waals surface area contributed by atoms with E-state index in [0.717, 1.165) is 41.8 Å². The minimum atomic E-state index is 0.0134. The Labute approximate surface area is 212 Å². The Bertz CT molecular complexity index is 1370. The largest absolute Gasteiger partial charge is 0.489 e. The van der Waals surface area contributed by atoms with E-state index in [-0.39, 0.29) is 18.8 Å². The quantitative estimate of drug-likeness (QED) is 0.370. The third-order valence-electron chi connectivity index (χ3n) is 6.92. The predicted octanol–water partition coefficient (Wildman–Crippen LogP) is 5.23. The number of nitrogens with zero attached hydrogens (tertiary/aromatic N) is 5. The van der Waals surface area contributed by atoms with E-state index in [1.54, 1.807) is 6.33 Å². The van der Waals surface area contributed by atoms with Crippen LogP contribution in [-0.2, 0) is 0 Å². The summed E-state index contributed by atoms with van der Waals surface area (Å²) in [4.78, 5) is 16.5. The van der Waals surface area contributed by atoms with Crippen LogP contribution in [0.5, 0.6) is 5.75 Å². The van der Waals surface area contributed by atoms with Crippen molar-refractivity contribution in [3.8, 4) is 11.4 Å². The summed E-state index contributed by atoms with van der Waals surface area (Å²) in [6.07, 6.45) is 5.71. The van der Waals surface area contributed by atoms with Crippen molar-refractivity contribution in [3.05, 3.63) is 59.5 Å². The Kier molecular flexibility index (Phi) is 6.53. The van der Waals surface area contributed by atoms with Gasteiger partial charge in [0, 0.05) is 17.6 Å². The van der Waals surface area contributed by atoms with Crippen LogP contribution in [0.3, 0.4) is 0 Å². The van der Waals surface area contributed by atoms with Gasteiger partial charge in [0.05, 0.1) is 24.9 Å². The first-order chi connectivity index (χ1) is 17.3. The Morgan fingerprint density at radius 3 is 2.64 bits per heavy atom. The van der Waals surface area contributed by atoms with Crippen LogP contribution in [0.15, 0.2) is 42.9 Å². The number of imidazole rings is 1. The SMILES string of the molecule is Cc1cc(-n2cnc(Nc3nc(N4CCC[C@H]4CO)c4cccc(OC(C)C)c4n3)c2)cc(C)c1C. The molecule has 36 heavy (non-hydrogen) atoms. The third-order valence-corrected chi connectivity index (χ3v) is 6.92. The highest BCUT2D eigenvalue weighted by atomic mass is 16.5. The molecule has 5 rings (SSSR count). The molecule has 2 N–H and O–H groups in total. The van der Waals surface area contributed by atoms with Crippen molar-refractivity contribution in [1.82, 2.24) is 19.5 Å². The second kappa shape index (κ2) is 9.78. The molecule has 1 aliphatic rings. The molecule has 0 radical (unpaired) electrons. The summed E-state index contributed by atoms with van der Waals surface area (Å²) in [7, 11) is 0. The highest BCUT2D eigenvalue weighted by molar-refractivity contribution is 5.94. The molecule has 8 heteroatoms. The van der Waals surface area contributed by atoms with Gasteiger partial charge < -0.3 is 24.6 Å². The van der Waals surface area contributed by atoms with Crippen molar-refractivity contribution in [1.29, 1.82) is 0 Å². The summed E-state index contributed by atoms with van der Waals surface area (Å²) < 4.78 is 8.09. The number of rotatable bonds is 7. The number of aliphatic hydroxyl groups excluding tert-OH is 1. The number of aryl methyl sites for hydroxylation is 2. The molecule has 1 atom stereocenters. The molecule has 0 bridgehead atoms. The molecule has 0 spiro atoms. The van der Waals surface area contributed by atoms with Gasteiger partial charge in [-0.2, -0.15) is 4.98 Å². The van der Waals surface area contributed by atoms with E-state index in [0.29, 0.717) is 17.5 Å². The normalized spacial score (nSPS) is 15.8. The fourth-order valence-corrected chi connectivity index (χ4v) is 4.84. The van der Waals surface area contributed by atoms with Crippen molar-refractivity contribution >= 4 is 28.5 Å². The molecule has 4 aromatic rings. The number of hydrogen-bond donors (Lipinski definition) is 2. The summed E-state index contributed by atoms with van der Waals surface area (Å²) in [6, 6.07) is 10.3. The van der Waals surface area contributed by atoms with Gasteiger partial charge in [0.25, 0.3) is 0 Å². The number of fused-ring (bicyclic) bond motifs is 1. The zero-order valence-corrected chi connectivity index (χ0v) is 21.6. The van der Waals surface area contributed by atoms with E-state index in [1.165, 1.54) is 16.7 Å². The van der Waals surface area contributed by atoms with E-state index in [2.05, 4.69) is 48.1 Å². The topological polar surface area (TPSA) is 88.3 Å². The van der Waals surface area contributed by atoms with Crippen molar-refractivity contribution in [2.75, 3.05) is 23.4 Å². The molecule has 0 unspecified atom stereocenters. The van der Waals surface area contributed by atoms with Crippen LogP contribution in [-0.4, -0.2) is 49.9 Å². The minimum absolute atomic E-state index is 0.0134. The van der Waals surface area contributed by atoms with Crippen molar-refractivity contribution < 1.29 is 9.84 Å². The molecular formula is C28H34N6O2. The number of hydrogen-bond acceptors (Lipinski definition) is 7. The Hall–Kier alpha value is -3.65. The zero-order valence-electron chi connectivity index (χ0n) is 21.6. The summed E-state index contributed by atoms with van der Waals surface area (Å²) in [5.41, 5.74) is 5.60. The van der Waals surface area contributed by atoms with Crippen LogP contribution < -0.4 is 15.0 Å². The van der Waals surface area contributed by atoms with E-state index in [9.17, 15) is 5.11 Å². The number of para-hydroxylation sites is 1. The molecule has 0 amide bonds. The summed E-state index contributed by atoms with van der Waals surface area (Å²) >= 11 is 0. The predicted molar refractivity (Wildman–Crippen MR) is 144 cm³/mol. The van der Waals surface area contributed by atoms with Crippen molar-refractivity contribution in [3.63, 3.8) is 0 Å². The second-order valence-electron chi connectivity index (χ2n) is 9.86. The van der Waals surface area contributed by atoms with Gasteiger partial charge in [0.2, 0.25) is 5.95 Å². The monoisotopic (exact) mass is 486 g/mol. The molecule has 1 saturated heterocycles. The van der Waals surface area contributed by atoms with Crippen LogP contribution in [0.2, 0.25) is 0 Å². The molecule has 8 nitrogen and oxygen atoms in total. The van der Waals surface area contributed by atoms with Gasteiger partial charge in [-0.1, -0.05) is 6.07 Å². The third kappa shape index (κ3) is 4.60. The van der Waals surface area contributed by atoms with Gasteiger partial charge in [-0.3, -0.25) is 0 Å². The van der Waals surface area contributed by atoms with Gasteiger partial charge >= 0.3 is 0 Å². The smallest absolute Gasteiger partial charge is 0.231 e. The molecule has 1 fully saturated rings. The van der Waals surface area contributed by atoms with E-state index in [4.69, 9.17) is 14.7 Å². The fourth-order valence-electron chi connectivity index (χ4n) is 4.84. The molecule has 1 aliphatic heterocycles. The number of nitrogens with one attached hydrogen (secondary N) is 1. The van der Waals surface area contributed by atoms with Crippen molar-refractivity contribution in [2.45, 2.75) is 59.6 Å². The van der Waals surface area contributed by atoms with E-state index < -0.39 is 0 Å². The molecule has 2 aromatic heterocycles. The highest BCUT2D eigenvalue weighted by Crippen LogP contribution is 2.35. The number of aliphatic hydroxyl groups is 1. The zero-order chi connectivity index (χ0) is 25.4. The van der Waals surface area contributed by atoms with Gasteiger partial charge in [0.15, 0.2) is 5.82 Å². The summed E-state index contributed by atoms with van der Waals surface area (Å²) in [5, 5.41) is 14.2. The molecule has 0 saturated carbocycles. The molecule has 3 heterocycles. The lowest BCUT2D eigenvalue weighted by Gasteiger charge is -2.26. The van der Waals surface area contributed by atoms with Crippen LogP contribution in [0, 0.1) is 20.8 Å². The Balaban J connectivity index is 1.55. The second-order valence-corrected chi connectivity index (χ2v) is 9.86. The lowest BCUT2D eigenvalue weighted by atomic mass is 10.0. The highest BCUT2D eigenvalue weighted by Gasteiger charge is 2.28. The van der Waals surface area contributed by atoms with Crippen LogP contribution in [0.1, 0.15) is 43.4 Å². The number of benzene rings is 2. The average molecular weight is 487 g/mol. The van der Waals surface area contributed by atoms with Crippen LogP contribution >= 0.6 is 0 Å². The van der Waals surface area contributed by atoms with Gasteiger partial charge in [0.1, 0.15) is 23.4 Å². The molecule has 0 aliphatic carbocycles. The average Bonchev–Trinajstić information content (AvgIpc) is 3.51. The molecule has 188 valence electrons. The maximum absolute atomic E-state index is 9.98. The number of aromatic nitrogens is 4. The number of anilines is 3. The van der Waals surface area contributed by atoms with E-state index in [1.807, 2.05) is 42.8 Å². The van der Waals surface area contributed by atoms with Crippen LogP contribution in [0.25, 0.3) is 16.6 Å². The first-order valence-corrected chi connectivity index (χ1v) is 12.6. The first-order valence-electron chi connectivity index (χ1n) is 12.6. The van der Waals surface area contributed by atoms with Gasteiger partial charge in [-0.05, 0) is 88.4 Å². The van der Waals surface area contributed by atoms with Gasteiger partial charge in [-0.15, -0.1) is 0 Å². The first kappa shape index (κ1) is 24.1. The Morgan fingerprint density at radius 2 is 1.92 bits per heavy atom. The molecule has 2 aromatic carbocycles. The number of ether oxygens (including phenoxy) is 1. The maximum atomic E-state index is 9.98. The maximum Gasteiger partial charge on any atom is 0.231 e. The minimum Gasteiger partial charge on any atom is -0.489 e. The molecular weight excluding hydrogens is 452 g/mol. The van der Waals surface area contributed by atoms with Crippen molar-refractivity contribution in [2.24, 2.45) is 0 Å².